The highest BCUT2D eigenvalue weighted by Gasteiger charge is 2.24. The van der Waals surface area contributed by atoms with Gasteiger partial charge in [0.25, 0.3) is 5.56 Å². The smallest absolute Gasteiger partial charge is 0.257 e. The molecule has 0 atom stereocenters. The highest BCUT2D eigenvalue weighted by molar-refractivity contribution is 5.75. The van der Waals surface area contributed by atoms with Crippen molar-refractivity contribution in [1.82, 2.24) is 19.8 Å². The Kier molecular flexibility index (Phi) is 7.35. The second-order valence-corrected chi connectivity index (χ2v) is 8.80. The lowest BCUT2D eigenvalue weighted by atomic mass is 10.0. The van der Waals surface area contributed by atoms with Gasteiger partial charge in [0, 0.05) is 38.2 Å². The molecule has 2 heterocycles. The molecule has 33 heavy (non-hydrogen) atoms. The maximum absolute atomic E-state index is 13.3. The molecule has 4 rings (SSSR count). The van der Waals surface area contributed by atoms with Crippen LogP contribution in [0.3, 0.4) is 0 Å². The van der Waals surface area contributed by atoms with Gasteiger partial charge in [-0.2, -0.15) is 0 Å². The molecule has 0 bridgehead atoms. The molecule has 1 amide bonds. The lowest BCUT2D eigenvalue weighted by Gasteiger charge is -2.29. The fourth-order valence-electron chi connectivity index (χ4n) is 4.29. The molecule has 2 aromatic carbocycles. The number of carbonyl (C=O) groups is 1. The molecule has 172 valence electrons. The summed E-state index contributed by atoms with van der Waals surface area (Å²) in [6.07, 6.45) is 2.20. The van der Waals surface area contributed by atoms with Crippen LogP contribution >= 0.6 is 0 Å². The van der Waals surface area contributed by atoms with Crippen LogP contribution in [0, 0.1) is 6.92 Å². The summed E-state index contributed by atoms with van der Waals surface area (Å²) in [5.41, 5.74) is 5.04. The van der Waals surface area contributed by atoms with Gasteiger partial charge >= 0.3 is 0 Å². The topological polar surface area (TPSA) is 67.2 Å². The fourth-order valence-corrected chi connectivity index (χ4v) is 4.29. The van der Waals surface area contributed by atoms with Gasteiger partial charge in [-0.15, -0.1) is 0 Å². The van der Waals surface area contributed by atoms with Crippen molar-refractivity contribution in [3.8, 4) is 0 Å². The monoisotopic (exact) mass is 444 g/mol. The van der Waals surface area contributed by atoms with Crippen molar-refractivity contribution in [2.24, 2.45) is 0 Å². The van der Waals surface area contributed by atoms with E-state index in [2.05, 4.69) is 29.3 Å². The summed E-state index contributed by atoms with van der Waals surface area (Å²) in [5, 5.41) is 2.94. The fraction of sp³-hybridized carbons (Fsp3) is 0.370. The first-order valence-electron chi connectivity index (χ1n) is 11.7. The molecule has 1 aliphatic rings. The maximum atomic E-state index is 13.3. The molecular weight excluding hydrogens is 412 g/mol. The third kappa shape index (κ3) is 5.76. The number of nitrogens with zero attached hydrogens (tertiary/aromatic N) is 3. The summed E-state index contributed by atoms with van der Waals surface area (Å²) in [4.78, 5) is 33.2. The van der Waals surface area contributed by atoms with Gasteiger partial charge in [-0.05, 0) is 30.9 Å². The van der Waals surface area contributed by atoms with Crippen molar-refractivity contribution in [3.05, 3.63) is 98.7 Å². The van der Waals surface area contributed by atoms with Crippen molar-refractivity contribution in [3.63, 3.8) is 0 Å². The van der Waals surface area contributed by atoms with Crippen LogP contribution in [0.25, 0.3) is 0 Å². The molecule has 6 nitrogen and oxygen atoms in total. The number of aryl methyl sites for hydroxylation is 2. The minimum atomic E-state index is -0.168. The maximum Gasteiger partial charge on any atom is 0.257 e. The summed E-state index contributed by atoms with van der Waals surface area (Å²) in [6, 6.07) is 18.4. The summed E-state index contributed by atoms with van der Waals surface area (Å²) in [5.74, 6) is 0.534. The van der Waals surface area contributed by atoms with E-state index in [0.717, 1.165) is 36.3 Å². The Bertz CT molecular complexity index is 1150. The van der Waals surface area contributed by atoms with E-state index in [-0.39, 0.29) is 18.0 Å². The predicted octanol–water partition coefficient (Wildman–Crippen LogP) is 3.38. The summed E-state index contributed by atoms with van der Waals surface area (Å²) in [7, 11) is 0. The van der Waals surface area contributed by atoms with E-state index in [9.17, 15) is 9.59 Å². The van der Waals surface area contributed by atoms with E-state index in [1.807, 2.05) is 49.4 Å². The van der Waals surface area contributed by atoms with E-state index in [4.69, 9.17) is 4.98 Å². The van der Waals surface area contributed by atoms with Gasteiger partial charge in [0.15, 0.2) is 0 Å². The summed E-state index contributed by atoms with van der Waals surface area (Å²) in [6.45, 7) is 6.87. The Balaban J connectivity index is 1.49. The van der Waals surface area contributed by atoms with Crippen LogP contribution in [0.2, 0.25) is 0 Å². The Morgan fingerprint density at radius 3 is 2.55 bits per heavy atom. The molecule has 0 saturated heterocycles. The van der Waals surface area contributed by atoms with Gasteiger partial charge in [0.1, 0.15) is 12.4 Å². The molecule has 1 N–H and O–H groups in total. The zero-order valence-corrected chi connectivity index (χ0v) is 19.5. The molecular formula is C27H32N4O2. The summed E-state index contributed by atoms with van der Waals surface area (Å²) < 4.78 is 1.58. The first kappa shape index (κ1) is 22.9. The number of fused-ring (bicyclic) bond motifs is 1. The van der Waals surface area contributed by atoms with Crippen LogP contribution in [-0.2, 0) is 43.8 Å². The van der Waals surface area contributed by atoms with Gasteiger partial charge < -0.3 is 5.32 Å². The van der Waals surface area contributed by atoms with Crippen LogP contribution in [0.5, 0.6) is 0 Å². The van der Waals surface area contributed by atoms with Crippen molar-refractivity contribution < 1.29 is 4.79 Å². The molecule has 3 aromatic rings. The highest BCUT2D eigenvalue weighted by atomic mass is 16.2. The first-order valence-corrected chi connectivity index (χ1v) is 11.7. The van der Waals surface area contributed by atoms with Gasteiger partial charge in [-0.3, -0.25) is 19.1 Å². The molecule has 6 heteroatoms. The highest BCUT2D eigenvalue weighted by Crippen LogP contribution is 2.18. The van der Waals surface area contributed by atoms with Crippen LogP contribution in [-0.4, -0.2) is 26.9 Å². The number of rotatable bonds is 8. The molecule has 0 fully saturated rings. The normalized spacial score (nSPS) is 13.5. The van der Waals surface area contributed by atoms with Crippen LogP contribution < -0.4 is 10.9 Å². The second kappa shape index (κ2) is 10.6. The zero-order chi connectivity index (χ0) is 23.2. The predicted molar refractivity (Wildman–Crippen MR) is 130 cm³/mol. The molecule has 0 saturated carbocycles. The summed E-state index contributed by atoms with van der Waals surface area (Å²) >= 11 is 0. The van der Waals surface area contributed by atoms with Crippen LogP contribution in [0.1, 0.15) is 47.1 Å². The van der Waals surface area contributed by atoms with Crippen LogP contribution in [0.4, 0.5) is 0 Å². The number of carbonyl (C=O) groups excluding carboxylic acids is 1. The third-order valence-electron chi connectivity index (χ3n) is 6.11. The number of benzene rings is 2. The van der Waals surface area contributed by atoms with Gasteiger partial charge in [0.2, 0.25) is 5.91 Å². The number of amides is 1. The zero-order valence-electron chi connectivity index (χ0n) is 19.5. The van der Waals surface area contributed by atoms with E-state index in [0.29, 0.717) is 31.8 Å². The average Bonchev–Trinajstić information content (AvgIpc) is 2.82. The number of aromatic nitrogens is 2. The van der Waals surface area contributed by atoms with E-state index in [1.165, 1.54) is 11.1 Å². The minimum Gasteiger partial charge on any atom is -0.350 e. The quantitative estimate of drug-likeness (QED) is 0.578. The van der Waals surface area contributed by atoms with E-state index in [1.54, 1.807) is 4.57 Å². The minimum absolute atomic E-state index is 0.00797. The lowest BCUT2D eigenvalue weighted by Crippen LogP contribution is -2.40. The van der Waals surface area contributed by atoms with Crippen molar-refractivity contribution in [2.45, 2.75) is 59.3 Å². The standard InChI is InChI=1S/C27H32N4O2/c1-3-7-25-29-24-18-30(17-22-8-5-4-6-9-22)15-14-23(24)27(33)31(25)19-26(32)28-16-21-12-10-20(2)11-13-21/h4-6,8-13H,3,7,14-19H2,1-2H3,(H,28,32). The van der Waals surface area contributed by atoms with Gasteiger partial charge in [0.05, 0.1) is 5.69 Å². The largest absolute Gasteiger partial charge is 0.350 e. The lowest BCUT2D eigenvalue weighted by molar-refractivity contribution is -0.121. The van der Waals surface area contributed by atoms with Crippen molar-refractivity contribution in [2.75, 3.05) is 6.54 Å². The number of nitrogens with one attached hydrogen (secondary N) is 1. The number of hydrogen-bond acceptors (Lipinski definition) is 4. The van der Waals surface area contributed by atoms with Gasteiger partial charge in [-0.1, -0.05) is 67.1 Å². The Hall–Kier alpha value is -3.25. The molecule has 0 unspecified atom stereocenters. The molecule has 0 radical (unpaired) electrons. The molecule has 0 aliphatic carbocycles. The molecule has 0 spiro atoms. The Morgan fingerprint density at radius 1 is 1.06 bits per heavy atom. The third-order valence-corrected chi connectivity index (χ3v) is 6.11. The van der Waals surface area contributed by atoms with Crippen LogP contribution in [0.15, 0.2) is 59.4 Å². The van der Waals surface area contributed by atoms with Gasteiger partial charge in [-0.25, -0.2) is 4.98 Å². The molecule has 1 aliphatic heterocycles. The van der Waals surface area contributed by atoms with Crippen molar-refractivity contribution in [1.29, 1.82) is 0 Å². The van der Waals surface area contributed by atoms with E-state index < -0.39 is 0 Å². The molecule has 1 aromatic heterocycles. The first-order chi connectivity index (χ1) is 16.0. The van der Waals surface area contributed by atoms with E-state index >= 15 is 0 Å². The SMILES string of the molecule is CCCc1nc2c(c(=O)n1CC(=O)NCc1ccc(C)cc1)CCN(Cc1ccccc1)C2. The Labute approximate surface area is 195 Å². The van der Waals surface area contributed by atoms with Crippen molar-refractivity contribution >= 4 is 5.91 Å². The number of hydrogen-bond donors (Lipinski definition) is 1. The second-order valence-electron chi connectivity index (χ2n) is 8.80. The average molecular weight is 445 g/mol. The Morgan fingerprint density at radius 2 is 1.82 bits per heavy atom.